The van der Waals surface area contributed by atoms with Crippen molar-refractivity contribution in [1.29, 1.82) is 0 Å². The van der Waals surface area contributed by atoms with E-state index < -0.39 is 104 Å². The SMILES string of the molecule is CCN.COC(=O)CCNC(=O)n1cc(F)c(=O)[nH]c1=O.O=C(CO)CCCC(=O)n1cc(F)c(=O)[nH]c1=O.O=C(Cl)n1cc(F)c(=O)[nH]c1=O.O=c1[nH]cc(F)c(=O)[nH]1. The molecule has 60 heavy (non-hydrogen) atoms. The smallest absolute Gasteiger partial charge is 0.336 e. The summed E-state index contributed by atoms with van der Waals surface area (Å²) in [5.74, 6) is -6.45. The van der Waals surface area contributed by atoms with Gasteiger partial charge in [0, 0.05) is 25.6 Å². The lowest BCUT2D eigenvalue weighted by Gasteiger charge is -2.05. The average Bonchev–Trinajstić information content (AvgIpc) is 3.18. The van der Waals surface area contributed by atoms with Gasteiger partial charge in [0.25, 0.3) is 22.2 Å². The number of H-pyrrole nitrogens is 5. The van der Waals surface area contributed by atoms with Crippen LogP contribution in [0.4, 0.5) is 27.2 Å². The molecule has 4 heterocycles. The number of hydrogen-bond donors (Lipinski definition) is 8. The highest BCUT2D eigenvalue weighted by molar-refractivity contribution is 6.63. The zero-order chi connectivity index (χ0) is 46.3. The molecule has 0 saturated carbocycles. The van der Waals surface area contributed by atoms with Crippen molar-refractivity contribution < 1.29 is 51.4 Å². The minimum atomic E-state index is -1.27. The molecule has 0 saturated heterocycles. The van der Waals surface area contributed by atoms with Crippen LogP contribution in [0.1, 0.15) is 37.4 Å². The van der Waals surface area contributed by atoms with E-state index in [1.807, 2.05) is 11.9 Å². The summed E-state index contributed by atoms with van der Waals surface area (Å²) in [6.45, 7) is 1.96. The largest absolute Gasteiger partial charge is 0.469 e. The number of carbonyl (C=O) groups is 5. The van der Waals surface area contributed by atoms with Gasteiger partial charge in [-0.25, -0.2) is 37.7 Å². The third-order valence-corrected chi connectivity index (χ3v) is 6.18. The molecule has 4 aromatic rings. The fourth-order valence-electron chi connectivity index (χ4n) is 3.30. The van der Waals surface area contributed by atoms with Crippen LogP contribution in [-0.4, -0.2) is 99.6 Å². The van der Waals surface area contributed by atoms with E-state index in [4.69, 9.17) is 22.4 Å². The zero-order valence-corrected chi connectivity index (χ0v) is 31.5. The van der Waals surface area contributed by atoms with Gasteiger partial charge >= 0.3 is 40.1 Å². The number of aliphatic hydroxyl groups excluding tert-OH is 1. The minimum Gasteiger partial charge on any atom is -0.469 e. The lowest BCUT2D eigenvalue weighted by molar-refractivity contribution is -0.140. The van der Waals surface area contributed by atoms with E-state index in [1.54, 1.807) is 19.9 Å². The van der Waals surface area contributed by atoms with Crippen LogP contribution >= 0.6 is 11.6 Å². The Balaban J connectivity index is 0.000000778. The van der Waals surface area contributed by atoms with Gasteiger partial charge in [0.2, 0.25) is 29.2 Å². The zero-order valence-electron chi connectivity index (χ0n) is 30.7. The fraction of sp³-hybridized carbons (Fsp3) is 0.300. The van der Waals surface area contributed by atoms with Crippen molar-refractivity contribution >= 4 is 40.7 Å². The molecule has 0 fully saturated rings. The normalized spacial score (nSPS) is 9.75. The van der Waals surface area contributed by atoms with Gasteiger partial charge in [0.1, 0.15) is 6.61 Å². The number of aromatic amines is 5. The molecule has 0 radical (unpaired) electrons. The molecule has 30 heteroatoms. The molecular formula is C30H33ClF4N10O15. The maximum absolute atomic E-state index is 12.9. The number of hydrogen-bond acceptors (Lipinski definition) is 16. The van der Waals surface area contributed by atoms with E-state index in [9.17, 15) is 79.9 Å². The third-order valence-electron chi connectivity index (χ3n) is 6.00. The van der Waals surface area contributed by atoms with Crippen LogP contribution in [0.2, 0.25) is 0 Å². The number of nitrogens with two attached hydrogens (primary N) is 1. The maximum atomic E-state index is 12.9. The van der Waals surface area contributed by atoms with Crippen LogP contribution in [0, 0.1) is 23.3 Å². The Labute approximate surface area is 332 Å². The Kier molecular flexibility index (Phi) is 23.2. The third kappa shape index (κ3) is 18.7. The lowest BCUT2D eigenvalue weighted by Crippen LogP contribution is -2.41. The van der Waals surface area contributed by atoms with Gasteiger partial charge in [-0.1, -0.05) is 6.92 Å². The maximum Gasteiger partial charge on any atom is 0.336 e. The minimum absolute atomic E-state index is 0.0111. The Morgan fingerprint density at radius 1 is 0.717 bits per heavy atom. The van der Waals surface area contributed by atoms with Gasteiger partial charge in [0.05, 0.1) is 32.1 Å². The molecule has 4 rings (SSSR count). The summed E-state index contributed by atoms with van der Waals surface area (Å²) in [5.41, 5.74) is -3.62. The molecule has 0 unspecified atom stereocenters. The average molecular weight is 885 g/mol. The number of esters is 1. The van der Waals surface area contributed by atoms with Crippen LogP contribution in [0.3, 0.4) is 0 Å². The quantitative estimate of drug-likeness (QED) is 0.0493. The summed E-state index contributed by atoms with van der Waals surface area (Å²) in [6.07, 6.45) is 1.97. The van der Waals surface area contributed by atoms with Gasteiger partial charge < -0.3 is 25.9 Å². The molecule has 25 nitrogen and oxygen atoms in total. The van der Waals surface area contributed by atoms with Gasteiger partial charge in [-0.2, -0.15) is 17.6 Å². The number of rotatable bonds is 8. The molecule has 0 aliphatic rings. The van der Waals surface area contributed by atoms with Crippen molar-refractivity contribution in [3.63, 3.8) is 0 Å². The van der Waals surface area contributed by atoms with E-state index in [-0.39, 0.29) is 36.8 Å². The standard InChI is InChI=1S/C10H11FN2O5.C9H10FN3O5.C5H2ClFN2O3.C4H3FN2O2.C2H7N/c11-7-4-13(10(18)12-9(7)17)8(16)3-1-2-6(15)5-14;1-18-6(14)2-3-11-8(16)13-4-5(10)7(15)12-9(13)17;6-4(11)9-1-2(7)3(10)8-5(9)12;5-2-1-6-4(9)7-3(2)8;1-2-3/h4,14H,1-3,5H2,(H,12,17,18);4H,2-3H2,1H3,(H,11,16)(H,12,15,17);1H,(H,8,10,12);1H,(H2,6,7,8,9);2-3H2,1H3. The van der Waals surface area contributed by atoms with Crippen LogP contribution in [0.15, 0.2) is 63.1 Å². The van der Waals surface area contributed by atoms with Crippen LogP contribution in [0.25, 0.3) is 0 Å². The van der Waals surface area contributed by atoms with Crippen molar-refractivity contribution in [2.75, 3.05) is 26.8 Å². The van der Waals surface area contributed by atoms with E-state index >= 15 is 0 Å². The van der Waals surface area contributed by atoms with Crippen LogP contribution in [0.5, 0.6) is 0 Å². The number of ether oxygens (including phenoxy) is 1. The molecule has 1 amide bonds. The summed E-state index contributed by atoms with van der Waals surface area (Å²) in [7, 11) is 1.19. The highest BCUT2D eigenvalue weighted by atomic mass is 35.5. The van der Waals surface area contributed by atoms with Gasteiger partial charge in [-0.3, -0.25) is 58.3 Å². The molecule has 0 spiro atoms. The van der Waals surface area contributed by atoms with Crippen molar-refractivity contribution in [2.45, 2.75) is 32.6 Å². The van der Waals surface area contributed by atoms with Gasteiger partial charge in [-0.05, 0) is 24.6 Å². The number of carbonyl (C=O) groups excluding carboxylic acids is 5. The molecular weight excluding hydrogens is 852 g/mol. The fourth-order valence-corrected chi connectivity index (χ4v) is 3.42. The summed E-state index contributed by atoms with van der Waals surface area (Å²) >= 11 is 4.87. The summed E-state index contributed by atoms with van der Waals surface area (Å²) in [4.78, 5) is 149. The van der Waals surface area contributed by atoms with Gasteiger partial charge in [-0.15, -0.1) is 0 Å². The number of methoxy groups -OCH3 is 1. The van der Waals surface area contributed by atoms with Crippen LogP contribution in [-0.2, 0) is 14.3 Å². The predicted molar refractivity (Wildman–Crippen MR) is 195 cm³/mol. The van der Waals surface area contributed by atoms with E-state index in [0.717, 1.165) is 6.54 Å². The van der Waals surface area contributed by atoms with E-state index in [0.29, 0.717) is 33.9 Å². The second-order valence-corrected chi connectivity index (χ2v) is 10.7. The number of nitrogens with one attached hydrogen (secondary N) is 6. The number of amides is 1. The molecule has 0 aliphatic heterocycles. The highest BCUT2D eigenvalue weighted by Gasteiger charge is 2.13. The van der Waals surface area contributed by atoms with E-state index in [1.165, 1.54) is 7.11 Å². The second-order valence-electron chi connectivity index (χ2n) is 10.4. The molecule has 9 N–H and O–H groups in total. The van der Waals surface area contributed by atoms with Crippen LogP contribution < -0.4 is 56.0 Å². The Bertz CT molecular complexity index is 2520. The first kappa shape index (κ1) is 52.6. The lowest BCUT2D eigenvalue weighted by atomic mass is 10.2. The van der Waals surface area contributed by atoms with Crippen molar-refractivity contribution in [2.24, 2.45) is 5.73 Å². The first-order valence-electron chi connectivity index (χ1n) is 16.0. The molecule has 0 aromatic carbocycles. The molecule has 328 valence electrons. The van der Waals surface area contributed by atoms with Crippen molar-refractivity contribution in [3.05, 3.63) is 131 Å². The summed E-state index contributed by atoms with van der Waals surface area (Å²) in [5, 5.41) is 9.45. The molecule has 0 aliphatic carbocycles. The first-order valence-corrected chi connectivity index (χ1v) is 16.3. The Hall–Kier alpha value is -7.40. The summed E-state index contributed by atoms with van der Waals surface area (Å²) in [6, 6.07) is -0.959. The van der Waals surface area contributed by atoms with Crippen molar-refractivity contribution in [1.82, 2.24) is 43.9 Å². The topological polar surface area (TPSA) is 383 Å². The van der Waals surface area contributed by atoms with Crippen molar-refractivity contribution in [3.8, 4) is 0 Å². The second kappa shape index (κ2) is 26.5. The number of ketones is 1. The molecule has 4 aromatic heterocycles. The monoisotopic (exact) mass is 884 g/mol. The Morgan fingerprint density at radius 3 is 1.58 bits per heavy atom. The highest BCUT2D eigenvalue weighted by Crippen LogP contribution is 1.99. The van der Waals surface area contributed by atoms with E-state index in [2.05, 4.69) is 10.1 Å². The Morgan fingerprint density at radius 2 is 1.15 bits per heavy atom. The van der Waals surface area contributed by atoms with Gasteiger partial charge in [0.15, 0.2) is 5.78 Å². The number of Topliss-reactive ketones (excluding diaryl/α,β-unsaturated/α-hetero) is 1. The number of halogens is 5. The molecule has 0 bridgehead atoms. The number of aromatic nitrogens is 8. The summed E-state index contributed by atoms with van der Waals surface area (Å²) < 4.78 is 55.5. The number of aliphatic hydroxyl groups is 1. The number of nitrogens with zero attached hydrogens (tertiary/aromatic N) is 3. The molecule has 0 atom stereocenters. The predicted octanol–water partition coefficient (Wildman–Crippen LogP) is -3.11. The first-order chi connectivity index (χ1) is 28.0.